The maximum atomic E-state index is 5.84. The van der Waals surface area contributed by atoms with Gasteiger partial charge in [-0.15, -0.1) is 0 Å². The van der Waals surface area contributed by atoms with Crippen LogP contribution in [0, 0.1) is 13.8 Å². The second kappa shape index (κ2) is 2.91. The van der Waals surface area contributed by atoms with Crippen LogP contribution in [0.15, 0.2) is 24.3 Å². The van der Waals surface area contributed by atoms with Gasteiger partial charge in [-0.1, -0.05) is 6.07 Å². The Balaban J connectivity index is 2.89. The minimum atomic E-state index is 0.835. The van der Waals surface area contributed by atoms with Crippen molar-refractivity contribution in [2.75, 3.05) is 11.5 Å². The molecule has 0 spiro atoms. The van der Waals surface area contributed by atoms with Gasteiger partial charge in [0.1, 0.15) is 0 Å². The maximum Gasteiger partial charge on any atom is 0.0350 e. The average molecular weight is 186 g/mol. The molecule has 0 aliphatic rings. The molecule has 2 rings (SSSR count). The van der Waals surface area contributed by atoms with Gasteiger partial charge in [-0.3, -0.25) is 0 Å². The van der Waals surface area contributed by atoms with Crippen LogP contribution in [0.4, 0.5) is 11.4 Å². The number of hydrogen-bond acceptors (Lipinski definition) is 2. The summed E-state index contributed by atoms with van der Waals surface area (Å²) in [6.45, 7) is 4.05. The Hall–Kier alpha value is -1.70. The summed E-state index contributed by atoms with van der Waals surface area (Å²) in [4.78, 5) is 0. The minimum Gasteiger partial charge on any atom is -0.398 e. The largest absolute Gasteiger partial charge is 0.398 e. The number of rotatable bonds is 0. The molecule has 2 aromatic rings. The molecule has 14 heavy (non-hydrogen) atoms. The van der Waals surface area contributed by atoms with Crippen LogP contribution in [0.2, 0.25) is 0 Å². The van der Waals surface area contributed by atoms with Crippen molar-refractivity contribution in [2.24, 2.45) is 0 Å². The van der Waals surface area contributed by atoms with E-state index in [9.17, 15) is 0 Å². The van der Waals surface area contributed by atoms with Gasteiger partial charge in [-0.2, -0.15) is 0 Å². The zero-order chi connectivity index (χ0) is 10.3. The first-order chi connectivity index (χ1) is 6.59. The standard InChI is InChI=1S/C12H14N2/c1-7-5-10-8(2)11(13)4-3-9(10)6-12(7)14/h3-6H,13-14H2,1-2H3. The Bertz CT molecular complexity index is 501. The van der Waals surface area contributed by atoms with E-state index < -0.39 is 0 Å². The number of hydrogen-bond donors (Lipinski definition) is 2. The lowest BCUT2D eigenvalue weighted by atomic mass is 10.0. The highest BCUT2D eigenvalue weighted by Gasteiger charge is 2.03. The fourth-order valence-electron chi connectivity index (χ4n) is 1.67. The van der Waals surface area contributed by atoms with Gasteiger partial charge in [-0.05, 0) is 53.9 Å². The van der Waals surface area contributed by atoms with Crippen LogP contribution in [-0.4, -0.2) is 0 Å². The van der Waals surface area contributed by atoms with E-state index >= 15 is 0 Å². The normalized spacial score (nSPS) is 10.7. The fraction of sp³-hybridized carbons (Fsp3) is 0.167. The second-order valence-corrected chi connectivity index (χ2v) is 3.71. The smallest absolute Gasteiger partial charge is 0.0350 e. The Morgan fingerprint density at radius 2 is 1.64 bits per heavy atom. The van der Waals surface area contributed by atoms with E-state index in [1.807, 2.05) is 32.0 Å². The van der Waals surface area contributed by atoms with E-state index in [-0.39, 0.29) is 0 Å². The highest BCUT2D eigenvalue weighted by molar-refractivity contribution is 5.92. The Kier molecular flexibility index (Phi) is 1.84. The molecule has 0 unspecified atom stereocenters. The molecular weight excluding hydrogens is 172 g/mol. The van der Waals surface area contributed by atoms with E-state index in [0.29, 0.717) is 0 Å². The van der Waals surface area contributed by atoms with E-state index in [4.69, 9.17) is 11.5 Å². The Morgan fingerprint density at radius 1 is 0.929 bits per heavy atom. The van der Waals surface area contributed by atoms with E-state index in [2.05, 4.69) is 6.07 Å². The summed E-state index contributed by atoms with van der Waals surface area (Å²) in [5.41, 5.74) is 15.6. The van der Waals surface area contributed by atoms with Crippen molar-refractivity contribution < 1.29 is 0 Å². The predicted molar refractivity (Wildman–Crippen MR) is 62.2 cm³/mol. The first-order valence-corrected chi connectivity index (χ1v) is 4.64. The molecule has 72 valence electrons. The number of aryl methyl sites for hydroxylation is 2. The molecule has 4 N–H and O–H groups in total. The minimum absolute atomic E-state index is 0.835. The van der Waals surface area contributed by atoms with Crippen molar-refractivity contribution in [3.63, 3.8) is 0 Å². The topological polar surface area (TPSA) is 52.0 Å². The third-order valence-corrected chi connectivity index (χ3v) is 2.72. The summed E-state index contributed by atoms with van der Waals surface area (Å²) in [5, 5.41) is 2.34. The summed E-state index contributed by atoms with van der Waals surface area (Å²) >= 11 is 0. The molecule has 0 fully saturated rings. The van der Waals surface area contributed by atoms with Crippen molar-refractivity contribution in [3.05, 3.63) is 35.4 Å². The summed E-state index contributed by atoms with van der Waals surface area (Å²) < 4.78 is 0. The van der Waals surface area contributed by atoms with Crippen molar-refractivity contribution >= 4 is 22.1 Å². The summed E-state index contributed by atoms with van der Waals surface area (Å²) in [7, 11) is 0. The van der Waals surface area contributed by atoms with Crippen LogP contribution in [0.3, 0.4) is 0 Å². The number of anilines is 2. The molecule has 0 radical (unpaired) electrons. The monoisotopic (exact) mass is 186 g/mol. The van der Waals surface area contributed by atoms with Crippen molar-refractivity contribution in [1.82, 2.24) is 0 Å². The summed E-state index contributed by atoms with van der Waals surface area (Å²) in [6.07, 6.45) is 0. The molecule has 0 saturated heterocycles. The molecular formula is C12H14N2. The van der Waals surface area contributed by atoms with Crippen LogP contribution in [0.5, 0.6) is 0 Å². The zero-order valence-electron chi connectivity index (χ0n) is 8.46. The summed E-state index contributed by atoms with van der Waals surface area (Å²) in [5.74, 6) is 0. The van der Waals surface area contributed by atoms with E-state index in [0.717, 1.165) is 27.9 Å². The molecule has 0 amide bonds. The van der Waals surface area contributed by atoms with Gasteiger partial charge in [0.2, 0.25) is 0 Å². The predicted octanol–water partition coefficient (Wildman–Crippen LogP) is 2.62. The number of nitrogen functional groups attached to an aromatic ring is 2. The van der Waals surface area contributed by atoms with Crippen molar-refractivity contribution in [1.29, 1.82) is 0 Å². The fourth-order valence-corrected chi connectivity index (χ4v) is 1.67. The van der Waals surface area contributed by atoms with Crippen LogP contribution in [0.1, 0.15) is 11.1 Å². The Labute approximate surface area is 83.5 Å². The van der Waals surface area contributed by atoms with E-state index in [1.165, 1.54) is 5.39 Å². The second-order valence-electron chi connectivity index (χ2n) is 3.71. The SMILES string of the molecule is Cc1cc2c(C)c(N)ccc2cc1N. The van der Waals surface area contributed by atoms with Crippen LogP contribution >= 0.6 is 0 Å². The van der Waals surface area contributed by atoms with Crippen LogP contribution in [0.25, 0.3) is 10.8 Å². The van der Waals surface area contributed by atoms with E-state index in [1.54, 1.807) is 0 Å². The number of nitrogens with two attached hydrogens (primary N) is 2. The van der Waals surface area contributed by atoms with Gasteiger partial charge in [0.05, 0.1) is 0 Å². The molecule has 0 bridgehead atoms. The van der Waals surface area contributed by atoms with Crippen LogP contribution < -0.4 is 11.5 Å². The first-order valence-electron chi connectivity index (χ1n) is 4.64. The quantitative estimate of drug-likeness (QED) is 0.621. The molecule has 0 aliphatic heterocycles. The third kappa shape index (κ3) is 1.20. The van der Waals surface area contributed by atoms with Gasteiger partial charge in [0, 0.05) is 11.4 Å². The maximum absolute atomic E-state index is 5.84. The lowest BCUT2D eigenvalue weighted by Gasteiger charge is -2.08. The Morgan fingerprint density at radius 3 is 2.36 bits per heavy atom. The lowest BCUT2D eigenvalue weighted by molar-refractivity contribution is 1.47. The zero-order valence-corrected chi connectivity index (χ0v) is 8.46. The number of fused-ring (bicyclic) bond motifs is 1. The first kappa shape index (κ1) is 8.88. The number of benzene rings is 2. The van der Waals surface area contributed by atoms with Crippen molar-refractivity contribution in [3.8, 4) is 0 Å². The van der Waals surface area contributed by atoms with Gasteiger partial charge in [0.25, 0.3) is 0 Å². The lowest BCUT2D eigenvalue weighted by Crippen LogP contribution is -1.93. The highest BCUT2D eigenvalue weighted by Crippen LogP contribution is 2.27. The molecule has 0 atom stereocenters. The molecule has 0 aromatic heterocycles. The highest BCUT2D eigenvalue weighted by atomic mass is 14.6. The molecule has 2 nitrogen and oxygen atoms in total. The molecule has 2 heteroatoms. The van der Waals surface area contributed by atoms with Gasteiger partial charge in [0.15, 0.2) is 0 Å². The molecule has 0 aliphatic carbocycles. The third-order valence-electron chi connectivity index (χ3n) is 2.72. The summed E-state index contributed by atoms with van der Waals surface area (Å²) in [6, 6.07) is 8.02. The molecule has 0 saturated carbocycles. The van der Waals surface area contributed by atoms with Gasteiger partial charge < -0.3 is 11.5 Å². The van der Waals surface area contributed by atoms with Gasteiger partial charge >= 0.3 is 0 Å². The van der Waals surface area contributed by atoms with Gasteiger partial charge in [-0.25, -0.2) is 0 Å². The molecule has 0 heterocycles. The van der Waals surface area contributed by atoms with Crippen molar-refractivity contribution in [2.45, 2.75) is 13.8 Å². The van der Waals surface area contributed by atoms with Crippen LogP contribution in [-0.2, 0) is 0 Å². The average Bonchev–Trinajstić information content (AvgIpc) is 2.15. The molecule has 2 aromatic carbocycles.